The van der Waals surface area contributed by atoms with Gasteiger partial charge in [-0.15, -0.1) is 0 Å². The van der Waals surface area contributed by atoms with Gasteiger partial charge in [-0.25, -0.2) is 4.39 Å². The molecule has 0 radical (unpaired) electrons. The van der Waals surface area contributed by atoms with E-state index in [-0.39, 0.29) is 18.0 Å². The van der Waals surface area contributed by atoms with Gasteiger partial charge in [0, 0.05) is 17.7 Å². The Morgan fingerprint density at radius 2 is 1.84 bits per heavy atom. The van der Waals surface area contributed by atoms with Crippen molar-refractivity contribution < 1.29 is 9.18 Å². The maximum Gasteiger partial charge on any atom is 0.167 e. The fraction of sp³-hybridized carbons (Fsp3) is 0.188. The number of nitrogen functional groups attached to an aromatic ring is 1. The Hall–Kier alpha value is -2.16. The van der Waals surface area contributed by atoms with Gasteiger partial charge >= 0.3 is 0 Å². The lowest BCUT2D eigenvalue weighted by molar-refractivity contribution is 0.0992. The van der Waals surface area contributed by atoms with E-state index in [9.17, 15) is 9.18 Å². The molecule has 2 N–H and O–H groups in total. The molecular formula is C16H16FNO. The number of rotatable bonds is 3. The molecule has 0 aromatic heterocycles. The van der Waals surface area contributed by atoms with Crippen LogP contribution in [0, 0.1) is 19.7 Å². The van der Waals surface area contributed by atoms with E-state index < -0.39 is 0 Å². The Balaban J connectivity index is 2.23. The standard InChI is InChI=1S/C16H16FNO/c1-10-8-14(17)5-3-12(10)9-16(19)13-4-6-15(18)11(2)7-13/h3-8H,9,18H2,1-2H3. The van der Waals surface area contributed by atoms with Crippen LogP contribution in [0.5, 0.6) is 0 Å². The molecule has 0 aliphatic rings. The largest absolute Gasteiger partial charge is 0.399 e. The van der Waals surface area contributed by atoms with Crippen molar-refractivity contribution in [2.75, 3.05) is 5.73 Å². The smallest absolute Gasteiger partial charge is 0.167 e. The summed E-state index contributed by atoms with van der Waals surface area (Å²) in [4.78, 5) is 12.2. The summed E-state index contributed by atoms with van der Waals surface area (Å²) in [5.74, 6) is -0.269. The highest BCUT2D eigenvalue weighted by molar-refractivity contribution is 5.98. The molecule has 98 valence electrons. The third kappa shape index (κ3) is 2.99. The average molecular weight is 257 g/mol. The Bertz CT molecular complexity index is 635. The van der Waals surface area contributed by atoms with E-state index in [0.717, 1.165) is 16.7 Å². The number of Topliss-reactive ketones (excluding diaryl/α,β-unsaturated/α-hetero) is 1. The number of aryl methyl sites for hydroxylation is 2. The second kappa shape index (κ2) is 5.22. The summed E-state index contributed by atoms with van der Waals surface area (Å²) >= 11 is 0. The van der Waals surface area contributed by atoms with Crippen molar-refractivity contribution in [2.24, 2.45) is 0 Å². The molecule has 2 nitrogen and oxygen atoms in total. The molecule has 0 bridgehead atoms. The molecule has 0 aliphatic carbocycles. The van der Waals surface area contributed by atoms with Crippen LogP contribution in [-0.2, 0) is 6.42 Å². The molecule has 2 rings (SSSR count). The molecule has 0 saturated carbocycles. The zero-order chi connectivity index (χ0) is 14.0. The molecule has 19 heavy (non-hydrogen) atoms. The molecule has 2 aromatic carbocycles. The van der Waals surface area contributed by atoms with Gasteiger partial charge in [0.25, 0.3) is 0 Å². The Labute approximate surface area is 112 Å². The van der Waals surface area contributed by atoms with Gasteiger partial charge in [0.2, 0.25) is 0 Å². The Morgan fingerprint density at radius 3 is 2.47 bits per heavy atom. The van der Waals surface area contributed by atoms with Crippen molar-refractivity contribution in [3.63, 3.8) is 0 Å². The maximum atomic E-state index is 13.0. The van der Waals surface area contributed by atoms with Crippen molar-refractivity contribution in [1.82, 2.24) is 0 Å². The topological polar surface area (TPSA) is 43.1 Å². The number of ketones is 1. The van der Waals surface area contributed by atoms with Gasteiger partial charge in [-0.05, 0) is 60.9 Å². The van der Waals surface area contributed by atoms with Gasteiger partial charge in [-0.1, -0.05) is 6.07 Å². The summed E-state index contributed by atoms with van der Waals surface area (Å²) in [6.45, 7) is 3.68. The van der Waals surface area contributed by atoms with Crippen molar-refractivity contribution in [1.29, 1.82) is 0 Å². The molecule has 0 aliphatic heterocycles. The zero-order valence-electron chi connectivity index (χ0n) is 11.0. The van der Waals surface area contributed by atoms with Crippen LogP contribution in [0.25, 0.3) is 0 Å². The van der Waals surface area contributed by atoms with Crippen molar-refractivity contribution in [2.45, 2.75) is 20.3 Å². The van der Waals surface area contributed by atoms with Crippen LogP contribution in [0.2, 0.25) is 0 Å². The monoisotopic (exact) mass is 257 g/mol. The van der Waals surface area contributed by atoms with E-state index in [1.54, 1.807) is 31.2 Å². The number of anilines is 1. The molecule has 0 fully saturated rings. The quantitative estimate of drug-likeness (QED) is 0.676. The normalized spacial score (nSPS) is 10.5. The fourth-order valence-electron chi connectivity index (χ4n) is 1.98. The van der Waals surface area contributed by atoms with Crippen LogP contribution in [0.1, 0.15) is 27.0 Å². The van der Waals surface area contributed by atoms with E-state index in [1.165, 1.54) is 12.1 Å². The molecule has 0 atom stereocenters. The molecule has 0 spiro atoms. The van der Waals surface area contributed by atoms with Gasteiger partial charge in [-0.2, -0.15) is 0 Å². The number of hydrogen-bond donors (Lipinski definition) is 1. The van der Waals surface area contributed by atoms with Crippen molar-refractivity contribution in [3.05, 3.63) is 64.5 Å². The summed E-state index contributed by atoms with van der Waals surface area (Å²) in [5.41, 5.74) is 9.57. The van der Waals surface area contributed by atoms with Crippen LogP contribution in [0.4, 0.5) is 10.1 Å². The highest BCUT2D eigenvalue weighted by atomic mass is 19.1. The first-order valence-corrected chi connectivity index (χ1v) is 6.11. The molecule has 3 heteroatoms. The Morgan fingerprint density at radius 1 is 1.11 bits per heavy atom. The number of hydrogen-bond acceptors (Lipinski definition) is 2. The van der Waals surface area contributed by atoms with Gasteiger partial charge in [0.05, 0.1) is 0 Å². The van der Waals surface area contributed by atoms with Gasteiger partial charge < -0.3 is 5.73 Å². The number of benzene rings is 2. The first-order chi connectivity index (χ1) is 8.97. The predicted molar refractivity (Wildman–Crippen MR) is 74.8 cm³/mol. The minimum atomic E-state index is -0.281. The number of nitrogens with two attached hydrogens (primary N) is 1. The van der Waals surface area contributed by atoms with Crippen LogP contribution in [0.15, 0.2) is 36.4 Å². The second-order valence-electron chi connectivity index (χ2n) is 4.74. The minimum Gasteiger partial charge on any atom is -0.399 e. The molecule has 2 aromatic rings. The average Bonchev–Trinajstić information content (AvgIpc) is 2.36. The Kier molecular flexibility index (Phi) is 3.65. The van der Waals surface area contributed by atoms with Crippen LogP contribution >= 0.6 is 0 Å². The van der Waals surface area contributed by atoms with E-state index >= 15 is 0 Å². The predicted octanol–water partition coefficient (Wildman–Crippen LogP) is 3.45. The van der Waals surface area contributed by atoms with Gasteiger partial charge in [0.1, 0.15) is 5.82 Å². The third-order valence-corrected chi connectivity index (χ3v) is 3.25. The van der Waals surface area contributed by atoms with Crippen LogP contribution in [0.3, 0.4) is 0 Å². The van der Waals surface area contributed by atoms with Gasteiger partial charge in [-0.3, -0.25) is 4.79 Å². The van der Waals surface area contributed by atoms with Crippen molar-refractivity contribution in [3.8, 4) is 0 Å². The summed E-state index contributed by atoms with van der Waals surface area (Å²) in [6, 6.07) is 9.73. The van der Waals surface area contributed by atoms with E-state index in [4.69, 9.17) is 5.73 Å². The number of halogens is 1. The summed E-state index contributed by atoms with van der Waals surface area (Å²) < 4.78 is 13.0. The number of carbonyl (C=O) groups is 1. The highest BCUT2D eigenvalue weighted by Crippen LogP contribution is 2.17. The molecule has 0 amide bonds. The van der Waals surface area contributed by atoms with E-state index in [0.29, 0.717) is 11.3 Å². The SMILES string of the molecule is Cc1cc(C(=O)Cc2ccc(F)cc2C)ccc1N. The van der Waals surface area contributed by atoms with Gasteiger partial charge in [0.15, 0.2) is 5.78 Å². The number of carbonyl (C=O) groups excluding carboxylic acids is 1. The van der Waals surface area contributed by atoms with Crippen LogP contribution in [-0.4, -0.2) is 5.78 Å². The molecule has 0 unspecified atom stereocenters. The highest BCUT2D eigenvalue weighted by Gasteiger charge is 2.10. The maximum absolute atomic E-state index is 13.0. The van der Waals surface area contributed by atoms with E-state index in [2.05, 4.69) is 0 Å². The first-order valence-electron chi connectivity index (χ1n) is 6.11. The van der Waals surface area contributed by atoms with E-state index in [1.807, 2.05) is 6.92 Å². The molecule has 0 heterocycles. The second-order valence-corrected chi connectivity index (χ2v) is 4.74. The molecular weight excluding hydrogens is 241 g/mol. The molecule has 0 saturated heterocycles. The summed E-state index contributed by atoms with van der Waals surface area (Å²) in [5, 5.41) is 0. The van der Waals surface area contributed by atoms with Crippen molar-refractivity contribution >= 4 is 11.5 Å². The zero-order valence-corrected chi connectivity index (χ0v) is 11.0. The minimum absolute atomic E-state index is 0.0119. The first kappa shape index (κ1) is 13.3. The fourth-order valence-corrected chi connectivity index (χ4v) is 1.98. The summed E-state index contributed by atoms with van der Waals surface area (Å²) in [7, 11) is 0. The third-order valence-electron chi connectivity index (χ3n) is 3.25. The lowest BCUT2D eigenvalue weighted by atomic mass is 9.98. The van der Waals surface area contributed by atoms with Crippen LogP contribution < -0.4 is 5.73 Å². The lowest BCUT2D eigenvalue weighted by Crippen LogP contribution is -2.06. The summed E-state index contributed by atoms with van der Waals surface area (Å²) in [6.07, 6.45) is 0.273. The lowest BCUT2D eigenvalue weighted by Gasteiger charge is -2.07.